The monoisotopic (exact) mass is 291 g/mol. The Morgan fingerprint density at radius 2 is 1.82 bits per heavy atom. The molecule has 0 fully saturated rings. The van der Waals surface area contributed by atoms with Crippen molar-refractivity contribution in [3.63, 3.8) is 0 Å². The highest BCUT2D eigenvalue weighted by molar-refractivity contribution is 5.95. The first-order valence-corrected chi connectivity index (χ1v) is 6.63. The minimum atomic E-state index is -0.315. The van der Waals surface area contributed by atoms with Gasteiger partial charge in [-0.3, -0.25) is 9.78 Å². The standard InChI is InChI=1S/C16H13N5O/c17-12-7-5-11(6-8-12)16(22)21-19-10-13-9-18-14-3-1-2-4-15(14)20-13/h1-10H,17H2,(H,21,22)/b19-10-. The van der Waals surface area contributed by atoms with Crippen LogP contribution in [0.1, 0.15) is 16.1 Å². The largest absolute Gasteiger partial charge is 0.399 e. The van der Waals surface area contributed by atoms with Gasteiger partial charge in [0.1, 0.15) is 5.69 Å². The second-order valence-corrected chi connectivity index (χ2v) is 4.60. The molecule has 0 saturated carbocycles. The number of hydrogen-bond donors (Lipinski definition) is 2. The molecular weight excluding hydrogens is 278 g/mol. The quantitative estimate of drug-likeness (QED) is 0.438. The third-order valence-corrected chi connectivity index (χ3v) is 3.00. The van der Waals surface area contributed by atoms with Gasteiger partial charge < -0.3 is 5.73 Å². The summed E-state index contributed by atoms with van der Waals surface area (Å²) in [7, 11) is 0. The summed E-state index contributed by atoms with van der Waals surface area (Å²) in [6.45, 7) is 0. The number of aromatic nitrogens is 2. The molecule has 1 amide bonds. The number of carbonyl (C=O) groups is 1. The molecule has 3 aromatic rings. The molecule has 6 heteroatoms. The normalized spacial score (nSPS) is 10.9. The summed E-state index contributed by atoms with van der Waals surface area (Å²) in [6.07, 6.45) is 3.05. The Morgan fingerprint density at radius 1 is 1.09 bits per heavy atom. The maximum Gasteiger partial charge on any atom is 0.271 e. The van der Waals surface area contributed by atoms with Gasteiger partial charge in [-0.2, -0.15) is 5.10 Å². The number of nitrogens with one attached hydrogen (secondary N) is 1. The molecule has 6 nitrogen and oxygen atoms in total. The molecule has 108 valence electrons. The highest BCUT2D eigenvalue weighted by atomic mass is 16.2. The Kier molecular flexibility index (Phi) is 3.74. The van der Waals surface area contributed by atoms with E-state index in [-0.39, 0.29) is 5.91 Å². The fraction of sp³-hybridized carbons (Fsp3) is 0. The minimum Gasteiger partial charge on any atom is -0.399 e. The van der Waals surface area contributed by atoms with E-state index in [1.807, 2.05) is 24.3 Å². The molecule has 1 heterocycles. The fourth-order valence-corrected chi connectivity index (χ4v) is 1.89. The van der Waals surface area contributed by atoms with Crippen molar-refractivity contribution in [1.29, 1.82) is 0 Å². The number of hydrogen-bond acceptors (Lipinski definition) is 5. The second kappa shape index (κ2) is 6.01. The van der Waals surface area contributed by atoms with E-state index in [0.29, 0.717) is 16.9 Å². The van der Waals surface area contributed by atoms with Crippen LogP contribution in [0.5, 0.6) is 0 Å². The van der Waals surface area contributed by atoms with Gasteiger partial charge in [0, 0.05) is 11.3 Å². The average molecular weight is 291 g/mol. The van der Waals surface area contributed by atoms with Crippen LogP contribution < -0.4 is 11.2 Å². The number of nitrogen functional groups attached to an aromatic ring is 1. The molecule has 0 unspecified atom stereocenters. The number of anilines is 1. The van der Waals surface area contributed by atoms with Crippen molar-refractivity contribution >= 4 is 28.8 Å². The van der Waals surface area contributed by atoms with Gasteiger partial charge in [0.25, 0.3) is 5.91 Å². The lowest BCUT2D eigenvalue weighted by Crippen LogP contribution is -2.17. The molecule has 2 aromatic carbocycles. The topological polar surface area (TPSA) is 93.3 Å². The molecule has 3 N–H and O–H groups in total. The Morgan fingerprint density at radius 3 is 2.59 bits per heavy atom. The molecule has 0 spiro atoms. The third-order valence-electron chi connectivity index (χ3n) is 3.00. The van der Waals surface area contributed by atoms with Gasteiger partial charge in [-0.15, -0.1) is 0 Å². The zero-order chi connectivity index (χ0) is 15.4. The Hall–Kier alpha value is -3.28. The molecule has 22 heavy (non-hydrogen) atoms. The first kappa shape index (κ1) is 13.7. The zero-order valence-corrected chi connectivity index (χ0v) is 11.6. The molecule has 0 aliphatic carbocycles. The summed E-state index contributed by atoms with van der Waals surface area (Å²) in [5.41, 5.74) is 11.2. The van der Waals surface area contributed by atoms with E-state index < -0.39 is 0 Å². The highest BCUT2D eigenvalue weighted by Crippen LogP contribution is 2.07. The third kappa shape index (κ3) is 3.06. The van der Waals surface area contributed by atoms with E-state index in [1.165, 1.54) is 6.21 Å². The molecule has 0 aliphatic rings. The predicted octanol–water partition coefficient (Wildman–Crippen LogP) is 1.98. The van der Waals surface area contributed by atoms with Gasteiger partial charge in [-0.05, 0) is 36.4 Å². The van der Waals surface area contributed by atoms with E-state index in [2.05, 4.69) is 20.5 Å². The summed E-state index contributed by atoms with van der Waals surface area (Å²) >= 11 is 0. The SMILES string of the molecule is Nc1ccc(C(=O)N/N=C\c2cnc3ccccc3n2)cc1. The van der Waals surface area contributed by atoms with Crippen LogP contribution in [-0.4, -0.2) is 22.1 Å². The smallest absolute Gasteiger partial charge is 0.271 e. The summed E-state index contributed by atoms with van der Waals surface area (Å²) in [5, 5.41) is 3.89. The van der Waals surface area contributed by atoms with Crippen LogP contribution in [-0.2, 0) is 0 Å². The lowest BCUT2D eigenvalue weighted by Gasteiger charge is -2.00. The highest BCUT2D eigenvalue weighted by Gasteiger charge is 2.03. The molecule has 0 aliphatic heterocycles. The van der Waals surface area contributed by atoms with Crippen molar-refractivity contribution < 1.29 is 4.79 Å². The number of nitrogens with zero attached hydrogens (tertiary/aromatic N) is 3. The van der Waals surface area contributed by atoms with E-state index in [0.717, 1.165) is 11.0 Å². The molecule has 0 radical (unpaired) electrons. The Labute approximate surface area is 126 Å². The van der Waals surface area contributed by atoms with Crippen molar-refractivity contribution in [2.75, 3.05) is 5.73 Å². The molecule has 1 aromatic heterocycles. The van der Waals surface area contributed by atoms with Crippen LogP contribution in [0.3, 0.4) is 0 Å². The average Bonchev–Trinajstić information content (AvgIpc) is 2.55. The number of carbonyl (C=O) groups excluding carboxylic acids is 1. The second-order valence-electron chi connectivity index (χ2n) is 4.60. The number of para-hydroxylation sites is 2. The summed E-state index contributed by atoms with van der Waals surface area (Å²) in [4.78, 5) is 20.5. The van der Waals surface area contributed by atoms with Gasteiger partial charge in [0.15, 0.2) is 0 Å². The molecular formula is C16H13N5O. The molecule has 3 rings (SSSR count). The summed E-state index contributed by atoms with van der Waals surface area (Å²) in [6, 6.07) is 14.1. The molecule has 0 saturated heterocycles. The van der Waals surface area contributed by atoms with E-state index in [4.69, 9.17) is 5.73 Å². The summed E-state index contributed by atoms with van der Waals surface area (Å²) < 4.78 is 0. The van der Waals surface area contributed by atoms with Gasteiger partial charge in [0.2, 0.25) is 0 Å². The zero-order valence-electron chi connectivity index (χ0n) is 11.6. The molecule has 0 bridgehead atoms. The first-order chi connectivity index (χ1) is 10.7. The number of benzene rings is 2. The maximum absolute atomic E-state index is 11.9. The van der Waals surface area contributed by atoms with Gasteiger partial charge in [0.05, 0.1) is 23.4 Å². The Balaban J connectivity index is 1.70. The summed E-state index contributed by atoms with van der Waals surface area (Å²) in [5.74, 6) is -0.315. The van der Waals surface area contributed by atoms with Crippen LogP contribution in [0.4, 0.5) is 5.69 Å². The van der Waals surface area contributed by atoms with Gasteiger partial charge in [-0.1, -0.05) is 12.1 Å². The number of rotatable bonds is 3. The van der Waals surface area contributed by atoms with E-state index in [9.17, 15) is 4.79 Å². The lowest BCUT2D eigenvalue weighted by molar-refractivity contribution is 0.0955. The van der Waals surface area contributed by atoms with Gasteiger partial charge in [-0.25, -0.2) is 10.4 Å². The van der Waals surface area contributed by atoms with Crippen molar-refractivity contribution in [2.45, 2.75) is 0 Å². The van der Waals surface area contributed by atoms with E-state index >= 15 is 0 Å². The van der Waals surface area contributed by atoms with Crippen LogP contribution in [0, 0.1) is 0 Å². The first-order valence-electron chi connectivity index (χ1n) is 6.63. The van der Waals surface area contributed by atoms with Crippen LogP contribution in [0.25, 0.3) is 11.0 Å². The van der Waals surface area contributed by atoms with Crippen LogP contribution in [0.15, 0.2) is 59.8 Å². The Bertz CT molecular complexity index is 843. The van der Waals surface area contributed by atoms with Crippen molar-refractivity contribution in [3.8, 4) is 0 Å². The molecule has 0 atom stereocenters. The minimum absolute atomic E-state index is 0.315. The number of nitrogens with two attached hydrogens (primary N) is 1. The maximum atomic E-state index is 11.9. The number of hydrazone groups is 1. The van der Waals surface area contributed by atoms with Crippen molar-refractivity contribution in [2.24, 2.45) is 5.10 Å². The fourth-order valence-electron chi connectivity index (χ4n) is 1.89. The lowest BCUT2D eigenvalue weighted by atomic mass is 10.2. The van der Waals surface area contributed by atoms with Crippen molar-refractivity contribution in [3.05, 3.63) is 66.0 Å². The van der Waals surface area contributed by atoms with Crippen LogP contribution >= 0.6 is 0 Å². The van der Waals surface area contributed by atoms with E-state index in [1.54, 1.807) is 30.5 Å². The predicted molar refractivity (Wildman–Crippen MR) is 85.5 cm³/mol. The number of amides is 1. The van der Waals surface area contributed by atoms with Crippen molar-refractivity contribution in [1.82, 2.24) is 15.4 Å². The van der Waals surface area contributed by atoms with Crippen LogP contribution in [0.2, 0.25) is 0 Å². The number of fused-ring (bicyclic) bond motifs is 1. The van der Waals surface area contributed by atoms with Gasteiger partial charge >= 0.3 is 0 Å².